The molecule has 86 valence electrons. The van der Waals surface area contributed by atoms with Gasteiger partial charge in [0.1, 0.15) is 6.73 Å². The average Bonchev–Trinajstić information content (AvgIpc) is 2.71. The Labute approximate surface area is 98.2 Å². The fourth-order valence-corrected chi connectivity index (χ4v) is 2.12. The van der Waals surface area contributed by atoms with Gasteiger partial charge in [-0.2, -0.15) is 0 Å². The van der Waals surface area contributed by atoms with E-state index in [0.717, 1.165) is 10.6 Å². The number of aromatic nitrogens is 1. The van der Waals surface area contributed by atoms with Gasteiger partial charge in [0.05, 0.1) is 23.4 Å². The number of nitrogens with one attached hydrogen (secondary N) is 1. The van der Waals surface area contributed by atoms with E-state index in [0.29, 0.717) is 19.9 Å². The number of anilines is 1. The van der Waals surface area contributed by atoms with Gasteiger partial charge in [0.2, 0.25) is 0 Å². The number of nitrogens with zero attached hydrogens (tertiary/aromatic N) is 1. The molecular weight excluding hydrogens is 224 g/mol. The molecule has 2 aromatic rings. The van der Waals surface area contributed by atoms with Gasteiger partial charge >= 0.3 is 0 Å². The first kappa shape index (κ1) is 11.3. The largest absolute Gasteiger partial charge is 0.382 e. The minimum absolute atomic E-state index is 0.461. The van der Waals surface area contributed by atoms with Gasteiger partial charge in [0.25, 0.3) is 0 Å². The van der Waals surface area contributed by atoms with Gasteiger partial charge in [-0.3, -0.25) is 0 Å². The van der Waals surface area contributed by atoms with Crippen LogP contribution in [-0.2, 0) is 9.47 Å². The lowest BCUT2D eigenvalue weighted by atomic mass is 10.3. The number of rotatable bonds is 6. The van der Waals surface area contributed by atoms with Crippen LogP contribution in [0.4, 0.5) is 5.13 Å². The summed E-state index contributed by atoms with van der Waals surface area (Å²) in [6.45, 7) is 1.67. The predicted octanol–water partition coefficient (Wildman–Crippen LogP) is 2.33. The van der Waals surface area contributed by atoms with E-state index in [-0.39, 0.29) is 0 Å². The van der Waals surface area contributed by atoms with Gasteiger partial charge in [0, 0.05) is 7.11 Å². The highest BCUT2D eigenvalue weighted by Gasteiger charge is 2.01. The van der Waals surface area contributed by atoms with Gasteiger partial charge in [-0.05, 0) is 12.1 Å². The zero-order valence-corrected chi connectivity index (χ0v) is 9.92. The summed E-state index contributed by atoms with van der Waals surface area (Å²) in [7, 11) is 1.66. The van der Waals surface area contributed by atoms with Gasteiger partial charge in [0.15, 0.2) is 5.13 Å². The van der Waals surface area contributed by atoms with Gasteiger partial charge < -0.3 is 14.8 Å². The molecular formula is C11H14N2O2S. The number of thiazole rings is 1. The number of methoxy groups -OCH3 is 1. The average molecular weight is 238 g/mol. The van der Waals surface area contributed by atoms with Crippen LogP contribution in [0.5, 0.6) is 0 Å². The SMILES string of the molecule is COCCOCNc1nc2ccccc2s1. The molecule has 1 N–H and O–H groups in total. The molecule has 5 heteroatoms. The molecule has 1 aromatic carbocycles. The van der Waals surface area contributed by atoms with E-state index in [9.17, 15) is 0 Å². The van der Waals surface area contributed by atoms with E-state index in [1.54, 1.807) is 18.4 Å². The third kappa shape index (κ3) is 2.91. The Kier molecular flexibility index (Phi) is 4.10. The summed E-state index contributed by atoms with van der Waals surface area (Å²) >= 11 is 1.63. The second kappa shape index (κ2) is 5.79. The minimum Gasteiger partial charge on any atom is -0.382 e. The lowest BCUT2D eigenvalue weighted by Gasteiger charge is -2.03. The van der Waals surface area contributed by atoms with Crippen molar-refractivity contribution in [1.82, 2.24) is 4.98 Å². The second-order valence-electron chi connectivity index (χ2n) is 3.21. The summed E-state index contributed by atoms with van der Waals surface area (Å²) in [5.74, 6) is 0. The summed E-state index contributed by atoms with van der Waals surface area (Å²) in [4.78, 5) is 4.43. The summed E-state index contributed by atoms with van der Waals surface area (Å²) in [6.07, 6.45) is 0. The number of ether oxygens (including phenoxy) is 2. The normalized spacial score (nSPS) is 10.8. The molecule has 0 saturated carbocycles. The second-order valence-corrected chi connectivity index (χ2v) is 4.24. The molecule has 2 rings (SSSR count). The highest BCUT2D eigenvalue weighted by Crippen LogP contribution is 2.24. The maximum absolute atomic E-state index is 5.30. The van der Waals surface area contributed by atoms with E-state index < -0.39 is 0 Å². The van der Waals surface area contributed by atoms with Crippen LogP contribution in [-0.4, -0.2) is 32.0 Å². The number of hydrogen-bond acceptors (Lipinski definition) is 5. The lowest BCUT2D eigenvalue weighted by molar-refractivity contribution is 0.0802. The summed E-state index contributed by atoms with van der Waals surface area (Å²) in [6, 6.07) is 8.06. The van der Waals surface area contributed by atoms with Crippen molar-refractivity contribution in [3.05, 3.63) is 24.3 Å². The van der Waals surface area contributed by atoms with Crippen LogP contribution in [0.25, 0.3) is 10.2 Å². The Hall–Kier alpha value is -1.17. The highest BCUT2D eigenvalue weighted by molar-refractivity contribution is 7.22. The Morgan fingerprint density at radius 2 is 2.19 bits per heavy atom. The predicted molar refractivity (Wildman–Crippen MR) is 65.9 cm³/mol. The Morgan fingerprint density at radius 3 is 3.00 bits per heavy atom. The topological polar surface area (TPSA) is 43.4 Å². The first-order chi connectivity index (χ1) is 7.90. The van der Waals surface area contributed by atoms with E-state index in [1.165, 1.54) is 4.70 Å². The van der Waals surface area contributed by atoms with Crippen molar-refractivity contribution < 1.29 is 9.47 Å². The molecule has 0 bridgehead atoms. The quantitative estimate of drug-likeness (QED) is 0.619. The standard InChI is InChI=1S/C11H14N2O2S/c1-14-6-7-15-8-12-11-13-9-4-2-3-5-10(9)16-11/h2-5H,6-8H2,1H3,(H,12,13). The van der Waals surface area contributed by atoms with E-state index >= 15 is 0 Å². The zero-order chi connectivity index (χ0) is 11.2. The molecule has 0 aliphatic rings. The van der Waals surface area contributed by atoms with E-state index in [2.05, 4.69) is 16.4 Å². The molecule has 0 unspecified atom stereocenters. The molecule has 0 radical (unpaired) electrons. The first-order valence-electron chi connectivity index (χ1n) is 5.06. The fraction of sp³-hybridized carbons (Fsp3) is 0.364. The van der Waals surface area contributed by atoms with E-state index in [1.807, 2.05) is 18.2 Å². The van der Waals surface area contributed by atoms with Crippen molar-refractivity contribution in [3.63, 3.8) is 0 Å². The lowest BCUT2D eigenvalue weighted by Crippen LogP contribution is -2.09. The van der Waals surface area contributed by atoms with Crippen LogP contribution >= 0.6 is 11.3 Å². The molecule has 1 heterocycles. The van der Waals surface area contributed by atoms with Crippen molar-refractivity contribution in [2.24, 2.45) is 0 Å². The Balaban J connectivity index is 1.85. The number of para-hydroxylation sites is 1. The molecule has 0 saturated heterocycles. The molecule has 0 spiro atoms. The highest BCUT2D eigenvalue weighted by atomic mass is 32.1. The fourth-order valence-electron chi connectivity index (χ4n) is 1.28. The van der Waals surface area contributed by atoms with E-state index in [4.69, 9.17) is 9.47 Å². The van der Waals surface area contributed by atoms with Gasteiger partial charge in [-0.25, -0.2) is 4.98 Å². The van der Waals surface area contributed by atoms with Crippen LogP contribution in [0.1, 0.15) is 0 Å². The summed E-state index contributed by atoms with van der Waals surface area (Å²) in [5.41, 5.74) is 1.02. The van der Waals surface area contributed by atoms with Crippen molar-refractivity contribution in [3.8, 4) is 0 Å². The van der Waals surface area contributed by atoms with Crippen molar-refractivity contribution >= 4 is 26.7 Å². The first-order valence-corrected chi connectivity index (χ1v) is 5.88. The molecule has 16 heavy (non-hydrogen) atoms. The van der Waals surface area contributed by atoms with Crippen LogP contribution in [0.3, 0.4) is 0 Å². The number of benzene rings is 1. The zero-order valence-electron chi connectivity index (χ0n) is 9.10. The van der Waals surface area contributed by atoms with Gasteiger partial charge in [-0.15, -0.1) is 0 Å². The monoisotopic (exact) mass is 238 g/mol. The molecule has 1 aromatic heterocycles. The minimum atomic E-state index is 0.461. The maximum Gasteiger partial charge on any atom is 0.185 e. The summed E-state index contributed by atoms with van der Waals surface area (Å²) < 4.78 is 11.4. The van der Waals surface area contributed by atoms with Crippen LogP contribution in [0.2, 0.25) is 0 Å². The van der Waals surface area contributed by atoms with Crippen molar-refractivity contribution in [1.29, 1.82) is 0 Å². The smallest absolute Gasteiger partial charge is 0.185 e. The molecule has 0 atom stereocenters. The molecule has 4 nitrogen and oxygen atoms in total. The third-order valence-electron chi connectivity index (χ3n) is 2.05. The Morgan fingerprint density at radius 1 is 1.31 bits per heavy atom. The number of hydrogen-bond donors (Lipinski definition) is 1. The molecule has 0 amide bonds. The molecule has 0 aliphatic heterocycles. The van der Waals surface area contributed by atoms with Crippen LogP contribution in [0.15, 0.2) is 24.3 Å². The van der Waals surface area contributed by atoms with Gasteiger partial charge in [-0.1, -0.05) is 23.5 Å². The Bertz CT molecular complexity index is 411. The van der Waals surface area contributed by atoms with Crippen molar-refractivity contribution in [2.75, 3.05) is 32.4 Å². The van der Waals surface area contributed by atoms with Crippen LogP contribution < -0.4 is 5.32 Å². The van der Waals surface area contributed by atoms with Crippen LogP contribution in [0, 0.1) is 0 Å². The molecule has 0 aliphatic carbocycles. The molecule has 0 fully saturated rings. The maximum atomic E-state index is 5.30. The number of fused-ring (bicyclic) bond motifs is 1. The third-order valence-corrected chi connectivity index (χ3v) is 3.05. The van der Waals surface area contributed by atoms with Crippen molar-refractivity contribution in [2.45, 2.75) is 0 Å². The summed E-state index contributed by atoms with van der Waals surface area (Å²) in [5, 5.41) is 4.01.